The summed E-state index contributed by atoms with van der Waals surface area (Å²) in [5, 5.41) is 13.0. The lowest BCUT2D eigenvalue weighted by atomic mass is 9.97. The number of benzene rings is 2. The second kappa shape index (κ2) is 9.31. The quantitative estimate of drug-likeness (QED) is 0.524. The maximum atomic E-state index is 11.4. The van der Waals surface area contributed by atoms with E-state index in [0.29, 0.717) is 12.0 Å². The number of rotatable bonds is 8. The molecular weight excluding hydrogens is 386 g/mol. The normalized spacial score (nSPS) is 15.0. The largest absolute Gasteiger partial charge is 0.478 e. The van der Waals surface area contributed by atoms with E-state index in [1.807, 2.05) is 0 Å². The van der Waals surface area contributed by atoms with Crippen molar-refractivity contribution in [3.8, 4) is 0 Å². The van der Waals surface area contributed by atoms with Crippen LogP contribution in [0.5, 0.6) is 0 Å². The molecule has 2 aromatic carbocycles. The summed E-state index contributed by atoms with van der Waals surface area (Å²) in [5.74, 6) is -0.896. The van der Waals surface area contributed by atoms with Gasteiger partial charge in [-0.15, -0.1) is 0 Å². The second-order valence-corrected chi connectivity index (χ2v) is 8.17. The van der Waals surface area contributed by atoms with E-state index in [-0.39, 0.29) is 6.04 Å². The number of hydrogen-bond donors (Lipinski definition) is 2. The summed E-state index contributed by atoms with van der Waals surface area (Å²) in [7, 11) is 2.10. The first-order chi connectivity index (χ1) is 15.1. The summed E-state index contributed by atoms with van der Waals surface area (Å²) in [6.07, 6.45) is 7.00. The number of hydrogen-bond acceptors (Lipinski definition) is 4. The number of aromatic nitrogens is 1. The third-order valence-corrected chi connectivity index (χ3v) is 6.13. The van der Waals surface area contributed by atoms with Crippen LogP contribution in [0.3, 0.4) is 0 Å². The van der Waals surface area contributed by atoms with Gasteiger partial charge in [-0.2, -0.15) is 0 Å². The van der Waals surface area contributed by atoms with Crippen molar-refractivity contribution in [3.63, 3.8) is 0 Å². The van der Waals surface area contributed by atoms with Crippen LogP contribution in [-0.2, 0) is 19.4 Å². The van der Waals surface area contributed by atoms with Gasteiger partial charge in [0, 0.05) is 43.4 Å². The van der Waals surface area contributed by atoms with Gasteiger partial charge in [0.05, 0.1) is 5.56 Å². The fourth-order valence-corrected chi connectivity index (χ4v) is 4.35. The van der Waals surface area contributed by atoms with E-state index in [1.54, 1.807) is 12.3 Å². The molecule has 0 unspecified atom stereocenters. The average Bonchev–Trinajstić information content (AvgIpc) is 3.20. The molecule has 5 heteroatoms. The minimum absolute atomic E-state index is 0.226. The number of carboxylic acid groups (broad SMARTS) is 1. The topological polar surface area (TPSA) is 65.5 Å². The van der Waals surface area contributed by atoms with Crippen LogP contribution in [0.4, 0.5) is 11.4 Å². The number of carbonyl (C=O) groups is 1. The first-order valence-corrected chi connectivity index (χ1v) is 10.9. The summed E-state index contributed by atoms with van der Waals surface area (Å²) in [5.41, 5.74) is 7.46. The average molecular weight is 416 g/mol. The first-order valence-electron chi connectivity index (χ1n) is 10.9. The molecule has 3 aromatic rings. The van der Waals surface area contributed by atoms with Crippen molar-refractivity contribution in [2.24, 2.45) is 0 Å². The molecule has 4 rings (SSSR count). The van der Waals surface area contributed by atoms with Crippen molar-refractivity contribution < 1.29 is 9.90 Å². The third-order valence-electron chi connectivity index (χ3n) is 6.13. The number of carboxylic acids is 1. The van der Waals surface area contributed by atoms with Crippen LogP contribution in [0.25, 0.3) is 0 Å². The zero-order valence-corrected chi connectivity index (χ0v) is 18.1. The number of nitrogens with zero attached hydrogens (tertiary/aromatic N) is 2. The maximum Gasteiger partial charge on any atom is 0.336 e. The molecule has 1 aromatic heterocycles. The van der Waals surface area contributed by atoms with E-state index in [2.05, 4.69) is 71.6 Å². The van der Waals surface area contributed by atoms with Gasteiger partial charge in [-0.3, -0.25) is 4.98 Å². The van der Waals surface area contributed by atoms with Crippen molar-refractivity contribution >= 4 is 17.3 Å². The molecule has 1 aliphatic heterocycles. The van der Waals surface area contributed by atoms with Gasteiger partial charge in [0.25, 0.3) is 0 Å². The van der Waals surface area contributed by atoms with Crippen LogP contribution in [-0.4, -0.2) is 23.1 Å². The summed E-state index contributed by atoms with van der Waals surface area (Å²) in [6.45, 7) is 3.03. The van der Waals surface area contributed by atoms with Gasteiger partial charge >= 0.3 is 5.97 Å². The predicted molar refractivity (Wildman–Crippen MR) is 124 cm³/mol. The molecule has 2 N–H and O–H groups in total. The number of pyridine rings is 1. The summed E-state index contributed by atoms with van der Waals surface area (Å²) < 4.78 is 0. The van der Waals surface area contributed by atoms with Gasteiger partial charge in [-0.1, -0.05) is 31.5 Å². The molecule has 0 saturated heterocycles. The Kier molecular flexibility index (Phi) is 6.33. The highest BCUT2D eigenvalue weighted by Gasteiger charge is 2.23. The van der Waals surface area contributed by atoms with Crippen molar-refractivity contribution in [1.29, 1.82) is 0 Å². The molecule has 2 heterocycles. The summed E-state index contributed by atoms with van der Waals surface area (Å²) >= 11 is 0. The lowest BCUT2D eigenvalue weighted by molar-refractivity contribution is 0.0695. The summed E-state index contributed by atoms with van der Waals surface area (Å²) in [4.78, 5) is 17.8. The molecule has 1 aliphatic rings. The molecule has 0 saturated carbocycles. The Morgan fingerprint density at radius 1 is 1.13 bits per heavy atom. The highest BCUT2D eigenvalue weighted by molar-refractivity contribution is 5.89. The number of fused-ring (bicyclic) bond motifs is 1. The van der Waals surface area contributed by atoms with Gasteiger partial charge < -0.3 is 15.3 Å². The number of nitrogens with one attached hydrogen (secondary N) is 1. The Labute approximate surface area is 183 Å². The minimum Gasteiger partial charge on any atom is -0.478 e. The van der Waals surface area contributed by atoms with E-state index in [4.69, 9.17) is 0 Å². The van der Waals surface area contributed by atoms with Crippen molar-refractivity contribution in [2.75, 3.05) is 11.9 Å². The highest BCUT2D eigenvalue weighted by atomic mass is 16.4. The molecule has 0 spiro atoms. The fourth-order valence-electron chi connectivity index (χ4n) is 4.35. The zero-order valence-electron chi connectivity index (χ0n) is 18.1. The number of aromatic carboxylic acids is 1. The van der Waals surface area contributed by atoms with Crippen LogP contribution in [0, 0.1) is 0 Å². The van der Waals surface area contributed by atoms with Crippen LogP contribution in [0.2, 0.25) is 0 Å². The molecule has 5 nitrogen and oxygen atoms in total. The Morgan fingerprint density at radius 3 is 2.65 bits per heavy atom. The van der Waals surface area contributed by atoms with E-state index in [1.165, 1.54) is 34.3 Å². The number of anilines is 2. The molecule has 0 aliphatic carbocycles. The molecule has 0 amide bonds. The van der Waals surface area contributed by atoms with Gasteiger partial charge in [-0.25, -0.2) is 4.79 Å². The standard InChI is InChI=1S/C26H29N3O2/c1-3-4-18-5-8-21(9-6-18)29(2)22-10-11-23-20(15-22)17-28-25(23)12-7-19-16-27-14-13-24(19)26(30)31/h5-6,8-11,13-16,25,28H,3-4,7,12,17H2,1-2H3,(H,30,31)/t25-/m0/s1. The molecular formula is C26H29N3O2. The van der Waals surface area contributed by atoms with Crippen molar-refractivity contribution in [2.45, 2.75) is 45.2 Å². The zero-order chi connectivity index (χ0) is 21.8. The molecule has 31 heavy (non-hydrogen) atoms. The minimum atomic E-state index is -0.896. The van der Waals surface area contributed by atoms with Gasteiger partial charge in [0.15, 0.2) is 0 Å². The second-order valence-electron chi connectivity index (χ2n) is 8.17. The maximum absolute atomic E-state index is 11.4. The van der Waals surface area contributed by atoms with Gasteiger partial charge in [-0.05, 0) is 71.8 Å². The van der Waals surface area contributed by atoms with Gasteiger partial charge in [0.2, 0.25) is 0 Å². The molecule has 0 radical (unpaired) electrons. The Bertz CT molecular complexity index is 1060. The molecule has 0 bridgehead atoms. The van der Waals surface area contributed by atoms with E-state index in [9.17, 15) is 9.90 Å². The SMILES string of the molecule is CCCc1ccc(N(C)c2ccc3c(c2)CN[C@H]3CCc2cnccc2C(=O)O)cc1. The Hall–Kier alpha value is -3.18. The Morgan fingerprint density at radius 2 is 1.90 bits per heavy atom. The molecule has 160 valence electrons. The van der Waals surface area contributed by atoms with E-state index < -0.39 is 5.97 Å². The summed E-state index contributed by atoms with van der Waals surface area (Å²) in [6, 6.07) is 17.2. The smallest absolute Gasteiger partial charge is 0.336 e. The van der Waals surface area contributed by atoms with Crippen LogP contribution in [0.15, 0.2) is 60.9 Å². The van der Waals surface area contributed by atoms with Crippen molar-refractivity contribution in [1.82, 2.24) is 10.3 Å². The fraction of sp³-hybridized carbons (Fsp3) is 0.308. The van der Waals surface area contributed by atoms with Crippen LogP contribution in [0.1, 0.15) is 58.4 Å². The van der Waals surface area contributed by atoms with Crippen molar-refractivity contribution in [3.05, 3.63) is 88.7 Å². The number of aryl methyl sites for hydroxylation is 2. The lowest BCUT2D eigenvalue weighted by Gasteiger charge is -2.21. The first kappa shape index (κ1) is 21.1. The molecule has 1 atom stereocenters. The third kappa shape index (κ3) is 4.62. The molecule has 0 fully saturated rings. The van der Waals surface area contributed by atoms with Gasteiger partial charge in [0.1, 0.15) is 0 Å². The monoisotopic (exact) mass is 415 g/mol. The van der Waals surface area contributed by atoms with E-state index >= 15 is 0 Å². The van der Waals surface area contributed by atoms with Crippen LogP contribution >= 0.6 is 0 Å². The predicted octanol–water partition coefficient (Wildman–Crippen LogP) is 5.28. The van der Waals surface area contributed by atoms with E-state index in [0.717, 1.165) is 31.4 Å². The van der Waals surface area contributed by atoms with Crippen LogP contribution < -0.4 is 10.2 Å². The lowest BCUT2D eigenvalue weighted by Crippen LogP contribution is -2.14. The Balaban J connectivity index is 1.46. The highest BCUT2D eigenvalue weighted by Crippen LogP contribution is 2.33.